The Kier molecular flexibility index (Phi) is 3.58. The van der Waals surface area contributed by atoms with E-state index in [1.54, 1.807) is 0 Å². The van der Waals surface area contributed by atoms with E-state index in [0.717, 1.165) is 0 Å². The largest absolute Gasteiger partial charge is 0.427 e. The Hall–Kier alpha value is -2.15. The third kappa shape index (κ3) is 2.92. The first kappa shape index (κ1) is 10.9. The molecule has 0 radical (unpaired) electrons. The maximum atomic E-state index is 11.0. The third-order valence-corrected chi connectivity index (χ3v) is 1.49. The minimum Gasteiger partial charge on any atom is -0.402 e. The molecule has 0 aliphatic heterocycles. The monoisotopic (exact) mass is 211 g/mol. The molecular weight excluding hydrogens is 202 g/mol. The number of rotatable bonds is 3. The van der Waals surface area contributed by atoms with Crippen LogP contribution in [-0.2, 0) is 0 Å². The van der Waals surface area contributed by atoms with Crippen molar-refractivity contribution in [1.82, 2.24) is 10.9 Å². The molecule has 0 unspecified atom stereocenters. The van der Waals surface area contributed by atoms with E-state index in [2.05, 4.69) is 10.9 Å². The number of benzene rings is 1. The molecule has 0 bridgehead atoms. The number of carbonyl (C=O) groups is 1. The number of ether oxygens (including phenoxy) is 1. The predicted octanol–water partition coefficient (Wildman–Crippen LogP) is 0.818. The van der Waals surface area contributed by atoms with Crippen LogP contribution in [0.15, 0.2) is 24.3 Å². The van der Waals surface area contributed by atoms with Crippen molar-refractivity contribution in [2.24, 2.45) is 0 Å². The number of hydrogen-bond donors (Lipinski definition) is 2. The van der Waals surface area contributed by atoms with Crippen LogP contribution in [0.5, 0.6) is 5.75 Å². The lowest BCUT2D eigenvalue weighted by Crippen LogP contribution is -2.36. The van der Waals surface area contributed by atoms with E-state index in [1.807, 2.05) is 0 Å². The van der Waals surface area contributed by atoms with Gasteiger partial charge in [-0.3, -0.25) is 15.5 Å². The summed E-state index contributed by atoms with van der Waals surface area (Å²) in [5.74, 6) is -0.102. The SMILES string of the molecule is CNNC(=O)Oc1ccccc1[N+](=O)[O-]. The number of carbonyl (C=O) groups excluding carboxylic acids is 1. The van der Waals surface area contributed by atoms with Gasteiger partial charge in [-0.05, 0) is 6.07 Å². The van der Waals surface area contributed by atoms with Gasteiger partial charge in [0.2, 0.25) is 5.75 Å². The van der Waals surface area contributed by atoms with E-state index in [0.29, 0.717) is 0 Å². The van der Waals surface area contributed by atoms with Gasteiger partial charge in [-0.2, -0.15) is 0 Å². The van der Waals surface area contributed by atoms with Crippen molar-refractivity contribution >= 4 is 11.8 Å². The van der Waals surface area contributed by atoms with Crippen molar-refractivity contribution in [3.63, 3.8) is 0 Å². The minimum atomic E-state index is -0.813. The van der Waals surface area contributed by atoms with E-state index in [-0.39, 0.29) is 11.4 Å². The van der Waals surface area contributed by atoms with Crippen LogP contribution in [0.25, 0.3) is 0 Å². The molecule has 0 atom stereocenters. The zero-order valence-corrected chi connectivity index (χ0v) is 7.89. The Labute approximate surface area is 85.2 Å². The van der Waals surface area contributed by atoms with Crippen molar-refractivity contribution < 1.29 is 14.5 Å². The summed E-state index contributed by atoms with van der Waals surface area (Å²) in [5, 5.41) is 10.5. The van der Waals surface area contributed by atoms with E-state index in [4.69, 9.17) is 4.74 Å². The molecule has 0 spiro atoms. The first-order chi connectivity index (χ1) is 7.15. The fraction of sp³-hybridized carbons (Fsp3) is 0.125. The Morgan fingerprint density at radius 1 is 1.47 bits per heavy atom. The summed E-state index contributed by atoms with van der Waals surface area (Å²) in [4.78, 5) is 20.9. The van der Waals surface area contributed by atoms with Crippen molar-refractivity contribution in [2.45, 2.75) is 0 Å². The summed E-state index contributed by atoms with van der Waals surface area (Å²) in [6, 6.07) is 5.62. The van der Waals surface area contributed by atoms with Gasteiger partial charge >= 0.3 is 11.8 Å². The van der Waals surface area contributed by atoms with Crippen LogP contribution < -0.4 is 15.6 Å². The molecule has 1 aromatic carbocycles. The average Bonchev–Trinajstić information content (AvgIpc) is 2.18. The molecule has 0 heterocycles. The summed E-state index contributed by atoms with van der Waals surface area (Å²) < 4.78 is 4.69. The molecule has 0 aliphatic rings. The summed E-state index contributed by atoms with van der Waals surface area (Å²) >= 11 is 0. The van der Waals surface area contributed by atoms with Crippen LogP contribution in [0.1, 0.15) is 0 Å². The molecule has 7 nitrogen and oxygen atoms in total. The molecule has 0 saturated heterocycles. The molecule has 0 aliphatic carbocycles. The molecule has 15 heavy (non-hydrogen) atoms. The maximum Gasteiger partial charge on any atom is 0.427 e. The van der Waals surface area contributed by atoms with E-state index >= 15 is 0 Å². The molecular formula is C8H9N3O4. The van der Waals surface area contributed by atoms with Crippen molar-refractivity contribution in [2.75, 3.05) is 7.05 Å². The van der Waals surface area contributed by atoms with Crippen molar-refractivity contribution in [1.29, 1.82) is 0 Å². The fourth-order valence-corrected chi connectivity index (χ4v) is 0.922. The molecule has 0 aromatic heterocycles. The van der Waals surface area contributed by atoms with Gasteiger partial charge in [0.1, 0.15) is 0 Å². The van der Waals surface area contributed by atoms with Crippen LogP contribution in [0.2, 0.25) is 0 Å². The number of amides is 1. The van der Waals surface area contributed by atoms with Gasteiger partial charge in [-0.1, -0.05) is 12.1 Å². The van der Waals surface area contributed by atoms with Gasteiger partial charge in [0, 0.05) is 13.1 Å². The smallest absolute Gasteiger partial charge is 0.402 e. The highest BCUT2D eigenvalue weighted by Crippen LogP contribution is 2.25. The lowest BCUT2D eigenvalue weighted by molar-refractivity contribution is -0.385. The Bertz CT molecular complexity index is 380. The molecule has 7 heteroatoms. The Morgan fingerprint density at radius 3 is 2.73 bits per heavy atom. The minimum absolute atomic E-state index is 0.102. The van der Waals surface area contributed by atoms with Crippen LogP contribution in [0, 0.1) is 10.1 Å². The van der Waals surface area contributed by atoms with Crippen LogP contribution in [0.4, 0.5) is 10.5 Å². The zero-order chi connectivity index (χ0) is 11.3. The molecule has 1 rings (SSSR count). The standard InChI is InChI=1S/C8H9N3O4/c1-9-10-8(12)15-7-5-3-2-4-6(7)11(13)14/h2-5,9H,1H3,(H,10,12). The number of nitrogens with one attached hydrogen (secondary N) is 2. The van der Waals surface area contributed by atoms with Crippen LogP contribution >= 0.6 is 0 Å². The van der Waals surface area contributed by atoms with Crippen molar-refractivity contribution in [3.8, 4) is 5.75 Å². The first-order valence-electron chi connectivity index (χ1n) is 4.03. The quantitative estimate of drug-likeness (QED) is 0.570. The average molecular weight is 211 g/mol. The molecule has 0 fully saturated rings. The van der Waals surface area contributed by atoms with Gasteiger partial charge in [-0.25, -0.2) is 10.2 Å². The summed E-state index contributed by atoms with van der Waals surface area (Å²) in [5.41, 5.74) is 4.21. The van der Waals surface area contributed by atoms with Crippen molar-refractivity contribution in [3.05, 3.63) is 34.4 Å². The summed E-state index contributed by atoms with van der Waals surface area (Å²) in [6.07, 6.45) is -0.813. The van der Waals surface area contributed by atoms with Gasteiger partial charge in [0.15, 0.2) is 0 Å². The second kappa shape index (κ2) is 4.91. The topological polar surface area (TPSA) is 93.5 Å². The molecule has 1 amide bonds. The van der Waals surface area contributed by atoms with E-state index in [9.17, 15) is 14.9 Å². The summed E-state index contributed by atoms with van der Waals surface area (Å²) in [6.45, 7) is 0. The number of hydrogen-bond acceptors (Lipinski definition) is 5. The van der Waals surface area contributed by atoms with Crippen LogP contribution in [0.3, 0.4) is 0 Å². The number of nitro benzene ring substituents is 1. The highest BCUT2D eigenvalue weighted by atomic mass is 16.6. The third-order valence-electron chi connectivity index (χ3n) is 1.49. The van der Waals surface area contributed by atoms with Crippen LogP contribution in [-0.4, -0.2) is 18.1 Å². The Morgan fingerprint density at radius 2 is 2.13 bits per heavy atom. The highest BCUT2D eigenvalue weighted by Gasteiger charge is 2.16. The summed E-state index contributed by atoms with van der Waals surface area (Å²) in [7, 11) is 1.47. The second-order valence-corrected chi connectivity index (χ2v) is 2.49. The number of nitro groups is 1. The van der Waals surface area contributed by atoms with Gasteiger partial charge in [0.25, 0.3) is 0 Å². The normalized spacial score (nSPS) is 9.40. The van der Waals surface area contributed by atoms with E-state index in [1.165, 1.54) is 31.3 Å². The fourth-order valence-electron chi connectivity index (χ4n) is 0.922. The number of para-hydroxylation sites is 2. The molecule has 0 saturated carbocycles. The second-order valence-electron chi connectivity index (χ2n) is 2.49. The first-order valence-corrected chi connectivity index (χ1v) is 4.03. The Balaban J connectivity index is 2.84. The lowest BCUT2D eigenvalue weighted by atomic mass is 10.3. The van der Waals surface area contributed by atoms with Gasteiger partial charge in [0.05, 0.1) is 4.92 Å². The van der Waals surface area contributed by atoms with Gasteiger partial charge in [-0.15, -0.1) is 0 Å². The lowest BCUT2D eigenvalue weighted by Gasteiger charge is -2.04. The molecule has 2 N–H and O–H groups in total. The van der Waals surface area contributed by atoms with E-state index < -0.39 is 11.0 Å². The predicted molar refractivity (Wildman–Crippen MR) is 51.3 cm³/mol. The number of hydrazine groups is 1. The van der Waals surface area contributed by atoms with Gasteiger partial charge < -0.3 is 4.74 Å². The molecule has 1 aromatic rings. The highest BCUT2D eigenvalue weighted by molar-refractivity contribution is 5.71. The zero-order valence-electron chi connectivity index (χ0n) is 7.89. The molecule has 80 valence electrons. The maximum absolute atomic E-state index is 11.0. The number of nitrogens with zero attached hydrogens (tertiary/aromatic N) is 1.